The summed E-state index contributed by atoms with van der Waals surface area (Å²) >= 11 is 6.01. The van der Waals surface area contributed by atoms with Crippen LogP contribution in [0.15, 0.2) is 24.3 Å². The molecule has 0 saturated heterocycles. The number of aliphatic hydroxyl groups is 1. The van der Waals surface area contributed by atoms with E-state index in [1.807, 2.05) is 24.3 Å². The van der Waals surface area contributed by atoms with Gasteiger partial charge in [-0.15, -0.1) is 0 Å². The molecule has 2 atom stereocenters. The summed E-state index contributed by atoms with van der Waals surface area (Å²) in [5, 5.41) is 11.6. The number of unbranched alkanes of at least 4 members (excludes halogenated alkanes) is 10. The molecule has 0 spiro atoms. The average molecular weight is 410 g/mol. The summed E-state index contributed by atoms with van der Waals surface area (Å²) in [4.78, 5) is 2.51. The van der Waals surface area contributed by atoms with E-state index in [-0.39, 0.29) is 6.04 Å². The van der Waals surface area contributed by atoms with Crippen molar-refractivity contribution in [3.8, 4) is 0 Å². The smallest absolute Gasteiger partial charge is 0.0942 e. The van der Waals surface area contributed by atoms with Gasteiger partial charge in [0.05, 0.1) is 6.10 Å². The maximum absolute atomic E-state index is 10.9. The van der Waals surface area contributed by atoms with Crippen molar-refractivity contribution < 1.29 is 5.11 Å². The van der Waals surface area contributed by atoms with Crippen LogP contribution in [0.4, 0.5) is 0 Å². The molecule has 28 heavy (non-hydrogen) atoms. The summed E-state index contributed by atoms with van der Waals surface area (Å²) in [5.41, 5.74) is 0.966. The van der Waals surface area contributed by atoms with Crippen molar-refractivity contribution >= 4 is 11.6 Å². The molecule has 1 N–H and O–H groups in total. The zero-order valence-electron chi connectivity index (χ0n) is 18.6. The second-order valence-corrected chi connectivity index (χ2v) is 8.74. The van der Waals surface area contributed by atoms with Crippen molar-refractivity contribution in [1.82, 2.24) is 4.90 Å². The fraction of sp³-hybridized carbons (Fsp3) is 0.760. The molecule has 0 heterocycles. The Labute approximate surface area is 179 Å². The fourth-order valence-corrected chi connectivity index (χ4v) is 3.97. The van der Waals surface area contributed by atoms with Gasteiger partial charge in [0, 0.05) is 11.1 Å². The lowest BCUT2D eigenvalue weighted by atomic mass is 10.0. The zero-order chi connectivity index (χ0) is 20.6. The monoisotopic (exact) mass is 409 g/mol. The normalized spacial score (nSPS) is 13.8. The van der Waals surface area contributed by atoms with Crippen molar-refractivity contribution in [2.45, 2.75) is 110 Å². The first kappa shape index (κ1) is 25.5. The molecule has 0 fully saturated rings. The van der Waals surface area contributed by atoms with E-state index in [1.165, 1.54) is 77.0 Å². The minimum atomic E-state index is -0.461. The predicted molar refractivity (Wildman–Crippen MR) is 124 cm³/mol. The molecule has 0 radical (unpaired) electrons. The van der Waals surface area contributed by atoms with Crippen LogP contribution in [0, 0.1) is 0 Å². The van der Waals surface area contributed by atoms with Crippen LogP contribution in [0.3, 0.4) is 0 Å². The summed E-state index contributed by atoms with van der Waals surface area (Å²) in [7, 11) is 0. The molecule has 3 heteroatoms. The Morgan fingerprint density at radius 3 is 1.64 bits per heavy atom. The molecule has 0 aromatic heterocycles. The number of rotatable bonds is 17. The minimum Gasteiger partial charge on any atom is -0.387 e. The Balaban J connectivity index is 2.52. The number of benzene rings is 1. The molecule has 2 unspecified atom stereocenters. The SMILES string of the molecule is CCCCCCCCN(CCCCCCCC)C(C)C(O)c1ccc(Cl)cc1. The predicted octanol–water partition coefficient (Wildman–Crippen LogP) is 7.78. The van der Waals surface area contributed by atoms with Crippen molar-refractivity contribution in [3.05, 3.63) is 34.9 Å². The van der Waals surface area contributed by atoms with Gasteiger partial charge in [0.15, 0.2) is 0 Å². The van der Waals surface area contributed by atoms with E-state index in [0.717, 1.165) is 23.7 Å². The average Bonchev–Trinajstić information content (AvgIpc) is 2.71. The van der Waals surface area contributed by atoms with Gasteiger partial charge in [0.1, 0.15) is 0 Å². The van der Waals surface area contributed by atoms with E-state index >= 15 is 0 Å². The van der Waals surface area contributed by atoms with Gasteiger partial charge in [-0.05, 0) is 50.6 Å². The maximum atomic E-state index is 10.9. The molecule has 0 aliphatic rings. The van der Waals surface area contributed by atoms with Crippen LogP contribution in [-0.2, 0) is 0 Å². The molecule has 1 aromatic carbocycles. The molecule has 2 nitrogen and oxygen atoms in total. The molecule has 0 saturated carbocycles. The van der Waals surface area contributed by atoms with Crippen LogP contribution < -0.4 is 0 Å². The second-order valence-electron chi connectivity index (χ2n) is 8.31. The van der Waals surface area contributed by atoms with Crippen molar-refractivity contribution in [2.75, 3.05) is 13.1 Å². The molecule has 0 bridgehead atoms. The molecular weight excluding hydrogens is 366 g/mol. The zero-order valence-corrected chi connectivity index (χ0v) is 19.4. The first-order chi connectivity index (χ1) is 13.6. The maximum Gasteiger partial charge on any atom is 0.0942 e. The van der Waals surface area contributed by atoms with Crippen LogP contribution in [0.25, 0.3) is 0 Å². The second kappa shape index (κ2) is 16.3. The third-order valence-corrected chi connectivity index (χ3v) is 6.09. The highest BCUT2D eigenvalue weighted by Gasteiger charge is 2.22. The molecular formula is C25H44ClNO. The van der Waals surface area contributed by atoms with Gasteiger partial charge in [-0.25, -0.2) is 0 Å². The van der Waals surface area contributed by atoms with E-state index in [1.54, 1.807) is 0 Å². The summed E-state index contributed by atoms with van der Waals surface area (Å²) in [6, 6.07) is 7.79. The lowest BCUT2D eigenvalue weighted by Gasteiger charge is -2.33. The Morgan fingerprint density at radius 1 is 0.750 bits per heavy atom. The van der Waals surface area contributed by atoms with E-state index in [0.29, 0.717) is 0 Å². The first-order valence-corrected chi connectivity index (χ1v) is 12.2. The highest BCUT2D eigenvalue weighted by atomic mass is 35.5. The Hall–Kier alpha value is -0.570. The number of hydrogen-bond donors (Lipinski definition) is 1. The lowest BCUT2D eigenvalue weighted by Crippen LogP contribution is -2.39. The van der Waals surface area contributed by atoms with E-state index < -0.39 is 6.10 Å². The Kier molecular flexibility index (Phi) is 14.8. The van der Waals surface area contributed by atoms with Gasteiger partial charge < -0.3 is 5.11 Å². The summed E-state index contributed by atoms with van der Waals surface area (Å²) in [6.07, 6.45) is 15.3. The molecule has 1 rings (SSSR count). The molecule has 0 aliphatic heterocycles. The number of nitrogens with zero attached hydrogens (tertiary/aromatic N) is 1. The molecule has 162 valence electrons. The van der Waals surface area contributed by atoms with Gasteiger partial charge in [-0.2, -0.15) is 0 Å². The van der Waals surface area contributed by atoms with Crippen LogP contribution >= 0.6 is 11.6 Å². The van der Waals surface area contributed by atoms with Gasteiger partial charge in [-0.3, -0.25) is 4.90 Å². The summed E-state index contributed by atoms with van der Waals surface area (Å²) in [5.74, 6) is 0. The minimum absolute atomic E-state index is 0.132. The molecule has 1 aromatic rings. The van der Waals surface area contributed by atoms with E-state index in [2.05, 4.69) is 25.7 Å². The number of hydrogen-bond acceptors (Lipinski definition) is 2. The van der Waals surface area contributed by atoms with Crippen LogP contribution in [0.2, 0.25) is 5.02 Å². The topological polar surface area (TPSA) is 23.5 Å². The van der Waals surface area contributed by atoms with Crippen molar-refractivity contribution in [1.29, 1.82) is 0 Å². The van der Waals surface area contributed by atoms with Gasteiger partial charge in [-0.1, -0.05) is 102 Å². The van der Waals surface area contributed by atoms with Gasteiger partial charge >= 0.3 is 0 Å². The highest BCUT2D eigenvalue weighted by molar-refractivity contribution is 6.30. The van der Waals surface area contributed by atoms with Gasteiger partial charge in [0.2, 0.25) is 0 Å². The standard InChI is InChI=1S/C25H44ClNO/c1-4-6-8-10-12-14-20-27(21-15-13-11-9-7-5-2)22(3)25(28)23-16-18-24(26)19-17-23/h16-19,22,25,28H,4-15,20-21H2,1-3H3. The number of halogens is 1. The van der Waals surface area contributed by atoms with Crippen LogP contribution in [-0.4, -0.2) is 29.1 Å². The summed E-state index contributed by atoms with van der Waals surface area (Å²) in [6.45, 7) is 8.89. The summed E-state index contributed by atoms with van der Waals surface area (Å²) < 4.78 is 0. The first-order valence-electron chi connectivity index (χ1n) is 11.8. The van der Waals surface area contributed by atoms with Crippen molar-refractivity contribution in [3.63, 3.8) is 0 Å². The fourth-order valence-electron chi connectivity index (χ4n) is 3.85. The highest BCUT2D eigenvalue weighted by Crippen LogP contribution is 2.24. The lowest BCUT2D eigenvalue weighted by molar-refractivity contribution is 0.0554. The largest absolute Gasteiger partial charge is 0.387 e. The molecule has 0 amide bonds. The van der Waals surface area contributed by atoms with Crippen LogP contribution in [0.5, 0.6) is 0 Å². The van der Waals surface area contributed by atoms with E-state index in [4.69, 9.17) is 11.6 Å². The third-order valence-electron chi connectivity index (χ3n) is 5.84. The number of aliphatic hydroxyl groups excluding tert-OH is 1. The quantitative estimate of drug-likeness (QED) is 0.265. The van der Waals surface area contributed by atoms with E-state index in [9.17, 15) is 5.11 Å². The Morgan fingerprint density at radius 2 is 1.18 bits per heavy atom. The molecule has 0 aliphatic carbocycles. The van der Waals surface area contributed by atoms with Gasteiger partial charge in [0.25, 0.3) is 0 Å². The van der Waals surface area contributed by atoms with Crippen LogP contribution in [0.1, 0.15) is 109 Å². The Bertz CT molecular complexity index is 460. The van der Waals surface area contributed by atoms with Crippen molar-refractivity contribution in [2.24, 2.45) is 0 Å². The third kappa shape index (κ3) is 10.8.